The minimum absolute atomic E-state index is 0.862. The van der Waals surface area contributed by atoms with Crippen molar-refractivity contribution < 1.29 is 9.47 Å². The van der Waals surface area contributed by atoms with Crippen molar-refractivity contribution in [3.63, 3.8) is 0 Å². The highest BCUT2D eigenvalue weighted by Gasteiger charge is 2.19. The van der Waals surface area contributed by atoms with E-state index >= 15 is 0 Å². The highest BCUT2D eigenvalue weighted by Crippen LogP contribution is 2.46. The first-order chi connectivity index (χ1) is 19.8. The van der Waals surface area contributed by atoms with E-state index in [1.807, 2.05) is 24.3 Å². The van der Waals surface area contributed by atoms with E-state index in [1.165, 1.54) is 0 Å². The largest absolute Gasteiger partial charge is 0.495 e. The second-order valence-corrected chi connectivity index (χ2v) is 9.67. The third-order valence-corrected chi connectivity index (χ3v) is 7.26. The molecule has 0 bridgehead atoms. The van der Waals surface area contributed by atoms with Gasteiger partial charge < -0.3 is 9.47 Å². The molecule has 0 aliphatic heterocycles. The number of ether oxygens (including phenoxy) is 2. The lowest BCUT2D eigenvalue weighted by Gasteiger charge is -2.20. The first-order valence-corrected chi connectivity index (χ1v) is 13.4. The fourth-order valence-electron chi connectivity index (χ4n) is 5.36. The molecule has 0 saturated carbocycles. The zero-order valence-electron chi connectivity index (χ0n) is 22.7. The molecule has 2 heteroatoms. The molecule has 0 atom stereocenters. The number of methoxy groups -OCH3 is 2. The van der Waals surface area contributed by atoms with Gasteiger partial charge in [-0.25, -0.2) is 0 Å². The zero-order chi connectivity index (χ0) is 27.3. The van der Waals surface area contributed by atoms with Gasteiger partial charge in [-0.15, -0.1) is 0 Å². The minimum atomic E-state index is 0.862. The van der Waals surface area contributed by atoms with Crippen LogP contribution in [-0.4, -0.2) is 14.2 Å². The summed E-state index contributed by atoms with van der Waals surface area (Å²) in [6.45, 7) is 0. The van der Waals surface area contributed by atoms with Crippen molar-refractivity contribution >= 4 is 0 Å². The summed E-state index contributed by atoms with van der Waals surface area (Å²) in [4.78, 5) is 0. The summed E-state index contributed by atoms with van der Waals surface area (Å²) >= 11 is 0. The van der Waals surface area contributed by atoms with E-state index in [4.69, 9.17) is 9.47 Å². The van der Waals surface area contributed by atoms with Crippen LogP contribution in [0.4, 0.5) is 0 Å². The second kappa shape index (κ2) is 11.3. The van der Waals surface area contributed by atoms with Gasteiger partial charge in [-0.2, -0.15) is 0 Å². The smallest absolute Gasteiger partial charge is 0.134 e. The summed E-state index contributed by atoms with van der Waals surface area (Å²) < 4.78 is 12.2. The van der Waals surface area contributed by atoms with Gasteiger partial charge in [-0.3, -0.25) is 0 Å². The molecular weight excluding hydrogens is 488 g/mol. The Bertz CT molecular complexity index is 1470. The summed E-state index contributed by atoms with van der Waals surface area (Å²) in [6, 6.07) is 50.7. The van der Waals surface area contributed by atoms with Gasteiger partial charge in [-0.1, -0.05) is 121 Å². The van der Waals surface area contributed by atoms with Crippen LogP contribution >= 0.6 is 0 Å². The Hall–Kier alpha value is -5.08. The van der Waals surface area contributed by atoms with Gasteiger partial charge in [0, 0.05) is 22.3 Å². The van der Waals surface area contributed by atoms with Crippen molar-refractivity contribution in [3.05, 3.63) is 146 Å². The Morgan fingerprint density at radius 2 is 0.525 bits per heavy atom. The van der Waals surface area contributed by atoms with Gasteiger partial charge in [0.25, 0.3) is 0 Å². The Kier molecular flexibility index (Phi) is 7.15. The number of rotatable bonds is 7. The molecule has 194 valence electrons. The molecule has 0 aliphatic rings. The molecule has 6 rings (SSSR count). The van der Waals surface area contributed by atoms with Crippen LogP contribution in [0.3, 0.4) is 0 Å². The molecular formula is C38H30O2. The molecule has 6 aromatic carbocycles. The van der Waals surface area contributed by atoms with Gasteiger partial charge in [-0.05, 0) is 57.6 Å². The topological polar surface area (TPSA) is 18.5 Å². The molecule has 0 aliphatic carbocycles. The van der Waals surface area contributed by atoms with Gasteiger partial charge >= 0.3 is 0 Å². The zero-order valence-corrected chi connectivity index (χ0v) is 22.7. The van der Waals surface area contributed by atoms with Crippen molar-refractivity contribution in [2.24, 2.45) is 0 Å². The lowest BCUT2D eigenvalue weighted by molar-refractivity contribution is 0.418. The van der Waals surface area contributed by atoms with Crippen LogP contribution in [0.2, 0.25) is 0 Å². The SMILES string of the molecule is COc1c(-c2ccccc2)cc(-c2cc(-c3ccccc3)c(OC)c(-c3ccccc3)c2)cc1-c1ccccc1. The Morgan fingerprint density at radius 3 is 0.725 bits per heavy atom. The van der Waals surface area contributed by atoms with Gasteiger partial charge in [0.1, 0.15) is 11.5 Å². The van der Waals surface area contributed by atoms with Gasteiger partial charge in [0.2, 0.25) is 0 Å². The van der Waals surface area contributed by atoms with Crippen LogP contribution < -0.4 is 9.47 Å². The van der Waals surface area contributed by atoms with Crippen molar-refractivity contribution in [2.45, 2.75) is 0 Å². The number of hydrogen-bond donors (Lipinski definition) is 0. The monoisotopic (exact) mass is 518 g/mol. The van der Waals surface area contributed by atoms with E-state index in [2.05, 4.69) is 121 Å². The fraction of sp³-hybridized carbons (Fsp3) is 0.0526. The maximum atomic E-state index is 6.08. The molecule has 0 amide bonds. The highest BCUT2D eigenvalue weighted by atomic mass is 16.5. The average molecular weight is 519 g/mol. The van der Waals surface area contributed by atoms with E-state index < -0.39 is 0 Å². The quantitative estimate of drug-likeness (QED) is 0.209. The summed E-state index contributed by atoms with van der Waals surface area (Å²) in [5.41, 5.74) is 10.9. The van der Waals surface area contributed by atoms with Crippen molar-refractivity contribution in [3.8, 4) is 67.1 Å². The Balaban J connectivity index is 1.67. The Labute approximate surface area is 236 Å². The molecule has 0 aromatic heterocycles. The van der Waals surface area contributed by atoms with Crippen molar-refractivity contribution in [1.82, 2.24) is 0 Å². The lowest BCUT2D eigenvalue weighted by Crippen LogP contribution is -1.96. The maximum Gasteiger partial charge on any atom is 0.134 e. The predicted molar refractivity (Wildman–Crippen MR) is 167 cm³/mol. The van der Waals surface area contributed by atoms with Crippen molar-refractivity contribution in [1.29, 1.82) is 0 Å². The van der Waals surface area contributed by atoms with Crippen LogP contribution in [0, 0.1) is 0 Å². The third-order valence-electron chi connectivity index (χ3n) is 7.26. The fourth-order valence-corrected chi connectivity index (χ4v) is 5.36. The van der Waals surface area contributed by atoms with Gasteiger partial charge in [0.05, 0.1) is 14.2 Å². The summed E-state index contributed by atoms with van der Waals surface area (Å²) in [7, 11) is 3.50. The first kappa shape index (κ1) is 25.2. The Morgan fingerprint density at radius 1 is 0.300 bits per heavy atom. The lowest BCUT2D eigenvalue weighted by atomic mass is 9.88. The molecule has 0 radical (unpaired) electrons. The molecule has 40 heavy (non-hydrogen) atoms. The highest BCUT2D eigenvalue weighted by molar-refractivity contribution is 5.92. The molecule has 6 aromatic rings. The third kappa shape index (κ3) is 4.88. The van der Waals surface area contributed by atoms with E-state index in [-0.39, 0.29) is 0 Å². The molecule has 0 spiro atoms. The second-order valence-electron chi connectivity index (χ2n) is 9.67. The van der Waals surface area contributed by atoms with Crippen LogP contribution in [0.25, 0.3) is 55.6 Å². The van der Waals surface area contributed by atoms with E-state index in [9.17, 15) is 0 Å². The summed E-state index contributed by atoms with van der Waals surface area (Å²) in [5.74, 6) is 1.72. The maximum absolute atomic E-state index is 6.08. The average Bonchev–Trinajstić information content (AvgIpc) is 3.05. The number of benzene rings is 6. The summed E-state index contributed by atoms with van der Waals surface area (Å²) in [5, 5.41) is 0. The minimum Gasteiger partial charge on any atom is -0.495 e. The van der Waals surface area contributed by atoms with E-state index in [0.717, 1.165) is 67.1 Å². The molecule has 2 nitrogen and oxygen atoms in total. The molecule has 0 saturated heterocycles. The van der Waals surface area contributed by atoms with E-state index in [1.54, 1.807) is 14.2 Å². The predicted octanol–water partition coefficient (Wildman–Crippen LogP) is 10.0. The normalized spacial score (nSPS) is 10.8. The summed E-state index contributed by atoms with van der Waals surface area (Å²) in [6.07, 6.45) is 0. The first-order valence-electron chi connectivity index (χ1n) is 13.4. The molecule has 0 unspecified atom stereocenters. The van der Waals surface area contributed by atoms with Gasteiger partial charge in [0.15, 0.2) is 0 Å². The van der Waals surface area contributed by atoms with Crippen LogP contribution in [-0.2, 0) is 0 Å². The molecule has 0 N–H and O–H groups in total. The molecule has 0 fully saturated rings. The van der Waals surface area contributed by atoms with Crippen LogP contribution in [0.15, 0.2) is 146 Å². The number of hydrogen-bond acceptors (Lipinski definition) is 2. The van der Waals surface area contributed by atoms with Crippen molar-refractivity contribution in [2.75, 3.05) is 14.2 Å². The van der Waals surface area contributed by atoms with Crippen LogP contribution in [0.5, 0.6) is 11.5 Å². The van der Waals surface area contributed by atoms with Crippen LogP contribution in [0.1, 0.15) is 0 Å². The standard InChI is InChI=1S/C38H30O2/c1-39-37-33(27-15-7-3-8-16-27)23-31(24-34(37)28-17-9-4-10-18-28)32-25-35(29-19-11-5-12-20-29)38(40-2)36(26-32)30-21-13-6-14-22-30/h3-26H,1-2H3. The van der Waals surface area contributed by atoms with E-state index in [0.29, 0.717) is 0 Å². The molecule has 0 heterocycles.